The largest absolute Gasteiger partial charge is 0.375 e. The summed E-state index contributed by atoms with van der Waals surface area (Å²) in [4.78, 5) is 10.2. The molecule has 3 atom stereocenters. The van der Waals surface area contributed by atoms with E-state index in [2.05, 4.69) is 0 Å². The Balaban J connectivity index is 1.95. The van der Waals surface area contributed by atoms with Gasteiger partial charge in [-0.15, -0.1) is 0 Å². The van der Waals surface area contributed by atoms with Crippen LogP contribution in [0, 0.1) is 5.92 Å². The highest BCUT2D eigenvalue weighted by Gasteiger charge is 2.39. The molecule has 2 heteroatoms. The van der Waals surface area contributed by atoms with Gasteiger partial charge in [0.2, 0.25) is 0 Å². The van der Waals surface area contributed by atoms with E-state index in [4.69, 9.17) is 4.74 Å². The quantitative estimate of drug-likeness (QED) is 0.538. The van der Waals surface area contributed by atoms with Crippen molar-refractivity contribution in [3.05, 3.63) is 0 Å². The molecule has 56 valence electrons. The van der Waals surface area contributed by atoms with Crippen LogP contribution in [0.15, 0.2) is 0 Å². The number of fused-ring (bicyclic) bond motifs is 2. The van der Waals surface area contributed by atoms with Crippen LogP contribution in [-0.2, 0) is 9.53 Å². The molecule has 0 amide bonds. The average molecular weight is 140 g/mol. The molecular formula is C8H12O2. The fraction of sp³-hybridized carbons (Fsp3) is 0.875. The third kappa shape index (κ3) is 0.870. The zero-order valence-electron chi connectivity index (χ0n) is 5.95. The van der Waals surface area contributed by atoms with Gasteiger partial charge >= 0.3 is 0 Å². The maximum atomic E-state index is 10.2. The Morgan fingerprint density at radius 1 is 1.50 bits per heavy atom. The van der Waals surface area contributed by atoms with E-state index in [-0.39, 0.29) is 0 Å². The van der Waals surface area contributed by atoms with Gasteiger partial charge in [-0.05, 0) is 25.2 Å². The maximum Gasteiger partial charge on any atom is 0.120 e. The van der Waals surface area contributed by atoms with Crippen LogP contribution in [-0.4, -0.2) is 18.5 Å². The highest BCUT2D eigenvalue weighted by Crippen LogP contribution is 2.39. The molecule has 0 radical (unpaired) electrons. The van der Waals surface area contributed by atoms with Crippen LogP contribution in [0.25, 0.3) is 0 Å². The second-order valence-electron chi connectivity index (χ2n) is 3.27. The summed E-state index contributed by atoms with van der Waals surface area (Å²) in [6.45, 7) is 0. The van der Waals surface area contributed by atoms with Crippen LogP contribution < -0.4 is 0 Å². The molecular weight excluding hydrogens is 128 g/mol. The maximum absolute atomic E-state index is 10.2. The molecule has 0 spiro atoms. The number of rotatable bonds is 2. The first-order chi connectivity index (χ1) is 4.90. The number of carbonyl (C=O) groups is 1. The molecule has 0 aromatic rings. The molecule has 10 heavy (non-hydrogen) atoms. The van der Waals surface area contributed by atoms with Gasteiger partial charge in [-0.3, -0.25) is 0 Å². The zero-order chi connectivity index (χ0) is 6.97. The summed E-state index contributed by atoms with van der Waals surface area (Å²) in [5, 5.41) is 0. The zero-order valence-corrected chi connectivity index (χ0v) is 5.95. The number of ether oxygens (including phenoxy) is 1. The van der Waals surface area contributed by atoms with E-state index in [0.29, 0.717) is 24.5 Å². The second-order valence-corrected chi connectivity index (χ2v) is 3.27. The van der Waals surface area contributed by atoms with Gasteiger partial charge in [0.05, 0.1) is 12.2 Å². The summed E-state index contributed by atoms with van der Waals surface area (Å²) in [6, 6.07) is 0. The van der Waals surface area contributed by atoms with Crippen LogP contribution in [0.2, 0.25) is 0 Å². The first-order valence-corrected chi connectivity index (χ1v) is 3.99. The van der Waals surface area contributed by atoms with E-state index in [0.717, 1.165) is 12.7 Å². The van der Waals surface area contributed by atoms with Crippen LogP contribution in [0.1, 0.15) is 25.7 Å². The predicted octanol–water partition coefficient (Wildman–Crippen LogP) is 1.14. The fourth-order valence-corrected chi connectivity index (χ4v) is 2.11. The molecule has 0 aromatic heterocycles. The Hall–Kier alpha value is -0.370. The monoisotopic (exact) mass is 140 g/mol. The van der Waals surface area contributed by atoms with Gasteiger partial charge in [0.15, 0.2) is 0 Å². The van der Waals surface area contributed by atoms with Crippen LogP contribution >= 0.6 is 0 Å². The van der Waals surface area contributed by atoms with Gasteiger partial charge < -0.3 is 9.53 Å². The van der Waals surface area contributed by atoms with Crippen molar-refractivity contribution in [1.82, 2.24) is 0 Å². The number of hydrogen-bond acceptors (Lipinski definition) is 2. The molecule has 3 unspecified atom stereocenters. The Morgan fingerprint density at radius 2 is 2.40 bits per heavy atom. The minimum absolute atomic E-state index is 0.426. The molecule has 0 saturated carbocycles. The van der Waals surface area contributed by atoms with Crippen LogP contribution in [0.5, 0.6) is 0 Å². The van der Waals surface area contributed by atoms with Crippen molar-refractivity contribution in [2.75, 3.05) is 0 Å². The molecule has 2 saturated heterocycles. The lowest BCUT2D eigenvalue weighted by atomic mass is 9.87. The van der Waals surface area contributed by atoms with Crippen LogP contribution in [0.4, 0.5) is 0 Å². The SMILES string of the molecule is O=CCC1CC2CCC1O2. The third-order valence-corrected chi connectivity index (χ3v) is 2.63. The molecule has 2 nitrogen and oxygen atoms in total. The summed E-state index contributed by atoms with van der Waals surface area (Å²) in [6.07, 6.45) is 6.19. The van der Waals surface area contributed by atoms with Crippen molar-refractivity contribution >= 4 is 6.29 Å². The number of aldehydes is 1. The Morgan fingerprint density at radius 3 is 2.90 bits per heavy atom. The lowest BCUT2D eigenvalue weighted by Gasteiger charge is -2.14. The minimum Gasteiger partial charge on any atom is -0.375 e. The second kappa shape index (κ2) is 2.35. The Labute approximate surface area is 60.6 Å². The van der Waals surface area contributed by atoms with Gasteiger partial charge in [-0.1, -0.05) is 0 Å². The standard InChI is InChI=1S/C8H12O2/c9-4-3-6-5-7-1-2-8(6)10-7/h4,6-8H,1-3,5H2. The summed E-state index contributed by atoms with van der Waals surface area (Å²) in [5.74, 6) is 0.552. The molecule has 2 aliphatic heterocycles. The molecule has 2 bridgehead atoms. The van der Waals surface area contributed by atoms with E-state index in [9.17, 15) is 4.79 Å². The highest BCUT2D eigenvalue weighted by molar-refractivity contribution is 5.50. The van der Waals surface area contributed by atoms with Crippen molar-refractivity contribution in [3.8, 4) is 0 Å². The molecule has 0 N–H and O–H groups in total. The molecule has 0 aliphatic carbocycles. The molecule has 2 heterocycles. The lowest BCUT2D eigenvalue weighted by Crippen LogP contribution is -2.16. The van der Waals surface area contributed by atoms with E-state index < -0.39 is 0 Å². The first kappa shape index (κ1) is 6.35. The summed E-state index contributed by atoms with van der Waals surface area (Å²) < 4.78 is 5.58. The van der Waals surface area contributed by atoms with Crippen molar-refractivity contribution < 1.29 is 9.53 Å². The van der Waals surface area contributed by atoms with E-state index in [1.54, 1.807) is 0 Å². The third-order valence-electron chi connectivity index (χ3n) is 2.63. The summed E-state index contributed by atoms with van der Waals surface area (Å²) in [7, 11) is 0. The van der Waals surface area contributed by atoms with Crippen LogP contribution in [0.3, 0.4) is 0 Å². The topological polar surface area (TPSA) is 26.3 Å². The van der Waals surface area contributed by atoms with E-state index in [1.807, 2.05) is 0 Å². The highest BCUT2D eigenvalue weighted by atomic mass is 16.5. The summed E-state index contributed by atoms with van der Waals surface area (Å²) in [5.41, 5.74) is 0. The lowest BCUT2D eigenvalue weighted by molar-refractivity contribution is -0.109. The van der Waals surface area contributed by atoms with Crippen molar-refractivity contribution in [2.45, 2.75) is 37.9 Å². The Kier molecular flexibility index (Phi) is 1.49. The minimum atomic E-state index is 0.426. The van der Waals surface area contributed by atoms with Gasteiger partial charge in [0.1, 0.15) is 6.29 Å². The number of carbonyl (C=O) groups excluding carboxylic acids is 1. The van der Waals surface area contributed by atoms with Crippen molar-refractivity contribution in [2.24, 2.45) is 5.92 Å². The smallest absolute Gasteiger partial charge is 0.120 e. The van der Waals surface area contributed by atoms with Gasteiger partial charge in [0, 0.05) is 6.42 Å². The van der Waals surface area contributed by atoms with Gasteiger partial charge in [0.25, 0.3) is 0 Å². The van der Waals surface area contributed by atoms with E-state index in [1.165, 1.54) is 12.8 Å². The predicted molar refractivity (Wildman–Crippen MR) is 36.7 cm³/mol. The van der Waals surface area contributed by atoms with Crippen molar-refractivity contribution in [1.29, 1.82) is 0 Å². The fourth-order valence-electron chi connectivity index (χ4n) is 2.11. The summed E-state index contributed by atoms with van der Waals surface area (Å²) >= 11 is 0. The Bertz CT molecular complexity index is 144. The van der Waals surface area contributed by atoms with Crippen molar-refractivity contribution in [3.63, 3.8) is 0 Å². The molecule has 2 rings (SSSR count). The normalized spacial score (nSPS) is 44.2. The first-order valence-electron chi connectivity index (χ1n) is 3.99. The molecule has 2 aliphatic rings. The van der Waals surface area contributed by atoms with Gasteiger partial charge in [-0.2, -0.15) is 0 Å². The average Bonchev–Trinajstić information content (AvgIpc) is 2.48. The van der Waals surface area contributed by atoms with Gasteiger partial charge in [-0.25, -0.2) is 0 Å². The molecule has 2 fully saturated rings. The molecule has 0 aromatic carbocycles. The number of hydrogen-bond donors (Lipinski definition) is 0. The van der Waals surface area contributed by atoms with E-state index >= 15 is 0 Å².